The number of hydrogen-bond acceptors (Lipinski definition) is 3. The summed E-state index contributed by atoms with van der Waals surface area (Å²) in [5.41, 5.74) is 1.72. The minimum absolute atomic E-state index is 0.0817. The minimum Gasteiger partial charge on any atom is -0.379 e. The Morgan fingerprint density at radius 3 is 2.29 bits per heavy atom. The number of Topliss-reactive ketones (excluding diaryl/α,β-unsaturated/α-hetero) is 1. The third kappa shape index (κ3) is 4.55. The maximum atomic E-state index is 12.6. The van der Waals surface area contributed by atoms with Crippen LogP contribution in [0, 0.1) is 11.8 Å². The number of carbonyl (C=O) groups is 1. The lowest BCUT2D eigenvalue weighted by molar-refractivity contribution is 0.0258. The third-order valence-electron chi connectivity index (χ3n) is 4.12. The van der Waals surface area contributed by atoms with E-state index < -0.39 is 0 Å². The molecule has 1 saturated heterocycles. The van der Waals surface area contributed by atoms with E-state index in [2.05, 4.69) is 16.7 Å². The second-order valence-electron chi connectivity index (χ2n) is 5.79. The zero-order valence-corrected chi connectivity index (χ0v) is 13.7. The summed E-state index contributed by atoms with van der Waals surface area (Å²) in [5.74, 6) is 6.65. The summed E-state index contributed by atoms with van der Waals surface area (Å²) in [6, 6.07) is 19.3. The summed E-state index contributed by atoms with van der Waals surface area (Å²) in [4.78, 5) is 14.8. The maximum absolute atomic E-state index is 12.6. The molecule has 0 bridgehead atoms. The van der Waals surface area contributed by atoms with Gasteiger partial charge in [0.25, 0.3) is 0 Å². The Balaban J connectivity index is 1.77. The fourth-order valence-electron chi connectivity index (χ4n) is 2.77. The average molecular weight is 319 g/mol. The van der Waals surface area contributed by atoms with Gasteiger partial charge in [0.1, 0.15) is 0 Å². The number of carbonyl (C=O) groups excluding carboxylic acids is 1. The topological polar surface area (TPSA) is 29.5 Å². The molecular formula is C21H21NO2. The number of nitrogens with zero attached hydrogens (tertiary/aromatic N) is 1. The number of ether oxygens (including phenoxy) is 1. The Morgan fingerprint density at radius 2 is 1.62 bits per heavy atom. The van der Waals surface area contributed by atoms with E-state index in [4.69, 9.17) is 4.74 Å². The Labute approximate surface area is 143 Å². The van der Waals surface area contributed by atoms with Crippen LogP contribution in [0.4, 0.5) is 0 Å². The van der Waals surface area contributed by atoms with Crippen molar-refractivity contribution < 1.29 is 9.53 Å². The lowest BCUT2D eigenvalue weighted by atomic mass is 10.0. The maximum Gasteiger partial charge on any atom is 0.165 e. The van der Waals surface area contributed by atoms with Gasteiger partial charge in [-0.25, -0.2) is 0 Å². The van der Waals surface area contributed by atoms with E-state index in [0.717, 1.165) is 24.2 Å². The molecule has 0 radical (unpaired) electrons. The molecule has 0 aromatic heterocycles. The summed E-state index contributed by atoms with van der Waals surface area (Å²) in [5, 5.41) is 0. The van der Waals surface area contributed by atoms with Crippen LogP contribution in [0.2, 0.25) is 0 Å². The van der Waals surface area contributed by atoms with Crippen LogP contribution in [0.1, 0.15) is 22.3 Å². The van der Waals surface area contributed by atoms with Gasteiger partial charge in [0, 0.05) is 30.6 Å². The number of morpholine rings is 1. The van der Waals surface area contributed by atoms with Crippen molar-refractivity contribution in [2.45, 2.75) is 12.5 Å². The van der Waals surface area contributed by atoms with E-state index in [-0.39, 0.29) is 11.8 Å². The Bertz CT molecular complexity index is 710. The molecule has 0 N–H and O–H groups in total. The average Bonchev–Trinajstić information content (AvgIpc) is 2.67. The van der Waals surface area contributed by atoms with E-state index in [1.807, 2.05) is 60.7 Å². The van der Waals surface area contributed by atoms with E-state index >= 15 is 0 Å². The summed E-state index contributed by atoms with van der Waals surface area (Å²) >= 11 is 0. The van der Waals surface area contributed by atoms with Crippen LogP contribution < -0.4 is 0 Å². The molecule has 122 valence electrons. The summed E-state index contributed by atoms with van der Waals surface area (Å²) in [7, 11) is 0. The molecule has 0 amide bonds. The molecular weight excluding hydrogens is 298 g/mol. The normalized spacial score (nSPS) is 16.0. The molecule has 2 aromatic rings. The molecule has 3 rings (SSSR count). The fourth-order valence-corrected chi connectivity index (χ4v) is 2.77. The smallest absolute Gasteiger partial charge is 0.165 e. The van der Waals surface area contributed by atoms with Crippen molar-refractivity contribution in [3.05, 3.63) is 71.8 Å². The molecule has 2 aromatic carbocycles. The molecule has 3 nitrogen and oxygen atoms in total. The third-order valence-corrected chi connectivity index (χ3v) is 4.12. The Morgan fingerprint density at radius 1 is 1.00 bits per heavy atom. The molecule has 3 heteroatoms. The second-order valence-corrected chi connectivity index (χ2v) is 5.79. The molecule has 1 aliphatic rings. The standard InChI is InChI=1S/C21H21NO2/c23-21(19-9-5-2-6-10-19)17-20(22-13-15-24-16-14-22)12-11-18-7-3-1-4-8-18/h1-10,20H,13-17H2. The van der Waals surface area contributed by atoms with Gasteiger partial charge >= 0.3 is 0 Å². The number of benzene rings is 2. The van der Waals surface area contributed by atoms with Gasteiger partial charge in [0.05, 0.1) is 19.3 Å². The summed E-state index contributed by atoms with van der Waals surface area (Å²) in [6.45, 7) is 3.03. The first-order chi connectivity index (χ1) is 11.8. The van der Waals surface area contributed by atoms with Crippen LogP contribution >= 0.6 is 0 Å². The van der Waals surface area contributed by atoms with E-state index in [1.54, 1.807) is 0 Å². The lowest BCUT2D eigenvalue weighted by Crippen LogP contribution is -2.43. The highest BCUT2D eigenvalue weighted by molar-refractivity contribution is 5.96. The van der Waals surface area contributed by atoms with Crippen molar-refractivity contribution >= 4 is 5.78 Å². The van der Waals surface area contributed by atoms with Crippen LogP contribution in [0.5, 0.6) is 0 Å². The Kier molecular flexibility index (Phi) is 5.79. The minimum atomic E-state index is -0.0817. The number of ketones is 1. The molecule has 1 atom stereocenters. The van der Waals surface area contributed by atoms with Crippen LogP contribution in [0.3, 0.4) is 0 Å². The SMILES string of the molecule is O=C(CC(C#Cc1ccccc1)N1CCOCC1)c1ccccc1. The molecule has 1 fully saturated rings. The highest BCUT2D eigenvalue weighted by Crippen LogP contribution is 2.12. The first kappa shape index (κ1) is 16.4. The molecule has 0 aliphatic carbocycles. The van der Waals surface area contributed by atoms with Crippen molar-refractivity contribution in [1.29, 1.82) is 0 Å². The summed E-state index contributed by atoms with van der Waals surface area (Å²) in [6.07, 6.45) is 0.407. The predicted molar refractivity (Wildman–Crippen MR) is 94.9 cm³/mol. The van der Waals surface area contributed by atoms with E-state index in [0.29, 0.717) is 19.6 Å². The highest BCUT2D eigenvalue weighted by Gasteiger charge is 2.22. The van der Waals surface area contributed by atoms with Crippen LogP contribution in [-0.4, -0.2) is 43.0 Å². The quantitative estimate of drug-likeness (QED) is 0.641. The van der Waals surface area contributed by atoms with Gasteiger partial charge in [-0.3, -0.25) is 9.69 Å². The predicted octanol–water partition coefficient (Wildman–Crippen LogP) is 3.01. The highest BCUT2D eigenvalue weighted by atomic mass is 16.5. The van der Waals surface area contributed by atoms with Crippen molar-refractivity contribution in [2.75, 3.05) is 26.3 Å². The van der Waals surface area contributed by atoms with E-state index in [1.165, 1.54) is 0 Å². The van der Waals surface area contributed by atoms with Crippen LogP contribution in [0.25, 0.3) is 0 Å². The zero-order chi connectivity index (χ0) is 16.6. The molecule has 1 aliphatic heterocycles. The first-order valence-electron chi connectivity index (χ1n) is 8.29. The Hall–Kier alpha value is -2.41. The largest absolute Gasteiger partial charge is 0.379 e. The van der Waals surface area contributed by atoms with Crippen LogP contribution in [0.15, 0.2) is 60.7 Å². The number of rotatable bonds is 4. The van der Waals surface area contributed by atoms with Crippen LogP contribution in [-0.2, 0) is 4.74 Å². The van der Waals surface area contributed by atoms with Gasteiger partial charge in [0.15, 0.2) is 5.78 Å². The molecule has 0 saturated carbocycles. The van der Waals surface area contributed by atoms with Gasteiger partial charge in [-0.05, 0) is 12.1 Å². The van der Waals surface area contributed by atoms with E-state index in [9.17, 15) is 4.79 Å². The van der Waals surface area contributed by atoms with Gasteiger partial charge < -0.3 is 4.74 Å². The van der Waals surface area contributed by atoms with Gasteiger partial charge in [-0.15, -0.1) is 0 Å². The fraction of sp³-hybridized carbons (Fsp3) is 0.286. The van der Waals surface area contributed by atoms with Gasteiger partial charge in [-0.1, -0.05) is 60.4 Å². The zero-order valence-electron chi connectivity index (χ0n) is 13.7. The molecule has 1 unspecified atom stereocenters. The second kappa shape index (κ2) is 8.44. The van der Waals surface area contributed by atoms with Gasteiger partial charge in [-0.2, -0.15) is 0 Å². The van der Waals surface area contributed by atoms with Crippen molar-refractivity contribution in [1.82, 2.24) is 4.90 Å². The van der Waals surface area contributed by atoms with Crippen molar-refractivity contribution in [2.24, 2.45) is 0 Å². The van der Waals surface area contributed by atoms with Crippen molar-refractivity contribution in [3.63, 3.8) is 0 Å². The monoisotopic (exact) mass is 319 g/mol. The number of hydrogen-bond donors (Lipinski definition) is 0. The van der Waals surface area contributed by atoms with Gasteiger partial charge in [0.2, 0.25) is 0 Å². The first-order valence-corrected chi connectivity index (χ1v) is 8.29. The summed E-state index contributed by atoms with van der Waals surface area (Å²) < 4.78 is 5.43. The molecule has 1 heterocycles. The lowest BCUT2D eigenvalue weighted by Gasteiger charge is -2.31. The molecule has 24 heavy (non-hydrogen) atoms. The molecule has 0 spiro atoms. The van der Waals surface area contributed by atoms with Crippen molar-refractivity contribution in [3.8, 4) is 11.8 Å².